The molecule has 0 amide bonds. The van der Waals surface area contributed by atoms with Crippen LogP contribution in [0, 0.1) is 10.1 Å². The van der Waals surface area contributed by atoms with Gasteiger partial charge in [-0.15, -0.1) is 0 Å². The van der Waals surface area contributed by atoms with Gasteiger partial charge < -0.3 is 10.1 Å². The van der Waals surface area contributed by atoms with Crippen LogP contribution in [0.3, 0.4) is 0 Å². The van der Waals surface area contributed by atoms with Crippen LogP contribution < -0.4 is 5.32 Å². The number of aromatic nitrogens is 1. The Morgan fingerprint density at radius 2 is 2.32 bits per heavy atom. The monoisotopic (exact) mass is 285 g/mol. The molecule has 8 heteroatoms. The van der Waals surface area contributed by atoms with Crippen LogP contribution in [-0.2, 0) is 4.74 Å². The minimum atomic E-state index is -0.629. The number of ether oxygens (including phenoxy) is 1. The number of nitrogens with zero attached hydrogens (tertiary/aromatic N) is 2. The van der Waals surface area contributed by atoms with Gasteiger partial charge in [-0.1, -0.05) is 0 Å². The smallest absolute Gasteiger partial charge is 0.356 e. The molecular weight excluding hydrogens is 270 g/mol. The Morgan fingerprint density at radius 1 is 1.63 bits per heavy atom. The maximum Gasteiger partial charge on any atom is 0.356 e. The Morgan fingerprint density at radius 3 is 2.84 bits per heavy atom. The number of pyridine rings is 1. The van der Waals surface area contributed by atoms with E-state index in [9.17, 15) is 14.9 Å². The SMILES string of the molecule is COC(=O)c1ccc([N+](=O)[O-])c(NC(C)CSC)n1. The number of nitro groups is 1. The Bertz CT molecular complexity index is 481. The van der Waals surface area contributed by atoms with Gasteiger partial charge in [0, 0.05) is 17.9 Å². The van der Waals surface area contributed by atoms with Crippen molar-refractivity contribution >= 4 is 29.2 Å². The highest BCUT2D eigenvalue weighted by Gasteiger charge is 2.20. The minimum Gasteiger partial charge on any atom is -0.464 e. The van der Waals surface area contributed by atoms with Gasteiger partial charge in [-0.2, -0.15) is 11.8 Å². The first-order valence-electron chi connectivity index (χ1n) is 5.48. The number of thioether (sulfide) groups is 1. The molecule has 0 aliphatic carbocycles. The van der Waals surface area contributed by atoms with Crippen molar-refractivity contribution in [2.24, 2.45) is 0 Å². The molecule has 1 heterocycles. The molecule has 0 aliphatic rings. The first-order valence-corrected chi connectivity index (χ1v) is 6.88. The third-order valence-electron chi connectivity index (χ3n) is 2.26. The molecule has 0 aromatic carbocycles. The summed E-state index contributed by atoms with van der Waals surface area (Å²) in [6, 6.07) is 2.51. The maximum atomic E-state index is 11.4. The van der Waals surface area contributed by atoms with Crippen molar-refractivity contribution in [1.82, 2.24) is 4.98 Å². The van der Waals surface area contributed by atoms with Crippen molar-refractivity contribution in [1.29, 1.82) is 0 Å². The van der Waals surface area contributed by atoms with Crippen LogP contribution in [0.4, 0.5) is 11.5 Å². The first-order chi connectivity index (χ1) is 8.99. The van der Waals surface area contributed by atoms with Gasteiger partial charge in [0.05, 0.1) is 12.0 Å². The van der Waals surface area contributed by atoms with Crippen molar-refractivity contribution in [3.8, 4) is 0 Å². The van der Waals surface area contributed by atoms with Crippen molar-refractivity contribution in [2.75, 3.05) is 24.4 Å². The lowest BCUT2D eigenvalue weighted by molar-refractivity contribution is -0.384. The number of methoxy groups -OCH3 is 1. The lowest BCUT2D eigenvalue weighted by atomic mass is 10.3. The molecule has 104 valence electrons. The van der Waals surface area contributed by atoms with Gasteiger partial charge in [-0.25, -0.2) is 9.78 Å². The van der Waals surface area contributed by atoms with Crippen LogP contribution >= 0.6 is 11.8 Å². The summed E-state index contributed by atoms with van der Waals surface area (Å²) in [5, 5.41) is 13.8. The Kier molecular flexibility index (Phi) is 5.56. The van der Waals surface area contributed by atoms with Crippen LogP contribution in [0.15, 0.2) is 12.1 Å². The summed E-state index contributed by atoms with van der Waals surface area (Å²) in [6.07, 6.45) is 1.94. The number of anilines is 1. The fraction of sp³-hybridized carbons (Fsp3) is 0.455. The van der Waals surface area contributed by atoms with Crippen molar-refractivity contribution in [3.63, 3.8) is 0 Å². The van der Waals surface area contributed by atoms with Crippen molar-refractivity contribution in [2.45, 2.75) is 13.0 Å². The molecule has 1 rings (SSSR count). The van der Waals surface area contributed by atoms with Crippen molar-refractivity contribution in [3.05, 3.63) is 27.9 Å². The van der Waals surface area contributed by atoms with E-state index in [4.69, 9.17) is 0 Å². The van der Waals surface area contributed by atoms with Crippen molar-refractivity contribution < 1.29 is 14.5 Å². The van der Waals surface area contributed by atoms with E-state index in [2.05, 4.69) is 15.0 Å². The van der Waals surface area contributed by atoms with Crippen LogP contribution in [0.2, 0.25) is 0 Å². The largest absolute Gasteiger partial charge is 0.464 e. The average Bonchev–Trinajstić information content (AvgIpc) is 2.37. The van der Waals surface area contributed by atoms with E-state index in [1.165, 1.54) is 19.2 Å². The topological polar surface area (TPSA) is 94.4 Å². The average molecular weight is 285 g/mol. The number of hydrogen-bond acceptors (Lipinski definition) is 7. The molecular formula is C11H15N3O4S. The number of rotatable bonds is 6. The first kappa shape index (κ1) is 15.2. The predicted octanol–water partition coefficient (Wildman–Crippen LogP) is 1.94. The highest BCUT2D eigenvalue weighted by Crippen LogP contribution is 2.23. The number of hydrogen-bond donors (Lipinski definition) is 1. The zero-order valence-corrected chi connectivity index (χ0v) is 11.7. The molecule has 7 nitrogen and oxygen atoms in total. The van der Waals surface area contributed by atoms with Gasteiger partial charge in [-0.05, 0) is 19.2 Å². The molecule has 1 aromatic heterocycles. The quantitative estimate of drug-likeness (QED) is 0.485. The fourth-order valence-corrected chi connectivity index (χ4v) is 2.03. The molecule has 0 bridgehead atoms. The zero-order chi connectivity index (χ0) is 14.4. The highest BCUT2D eigenvalue weighted by molar-refractivity contribution is 7.98. The summed E-state index contributed by atoms with van der Waals surface area (Å²) < 4.78 is 4.54. The molecule has 0 saturated carbocycles. The Balaban J connectivity index is 3.08. The molecule has 1 atom stereocenters. The predicted molar refractivity (Wildman–Crippen MR) is 73.7 cm³/mol. The molecule has 1 unspecified atom stereocenters. The van der Waals surface area contributed by atoms with E-state index >= 15 is 0 Å². The lowest BCUT2D eigenvalue weighted by Crippen LogP contribution is -2.20. The summed E-state index contributed by atoms with van der Waals surface area (Å²) in [5.41, 5.74) is -0.132. The highest BCUT2D eigenvalue weighted by atomic mass is 32.2. The molecule has 0 aliphatic heterocycles. The molecule has 0 saturated heterocycles. The van der Waals surface area contributed by atoms with E-state index < -0.39 is 10.9 Å². The third kappa shape index (κ3) is 4.09. The second kappa shape index (κ2) is 6.93. The molecule has 1 N–H and O–H groups in total. The summed E-state index contributed by atoms with van der Waals surface area (Å²) in [7, 11) is 1.23. The van der Waals surface area contributed by atoms with Crippen LogP contribution in [0.5, 0.6) is 0 Å². The second-order valence-electron chi connectivity index (χ2n) is 3.81. The molecule has 19 heavy (non-hydrogen) atoms. The van der Waals surface area contributed by atoms with E-state index in [0.29, 0.717) is 0 Å². The minimum absolute atomic E-state index is 0.00547. The Hall–Kier alpha value is -1.83. The summed E-state index contributed by atoms with van der Waals surface area (Å²) >= 11 is 1.61. The van der Waals surface area contributed by atoms with E-state index in [0.717, 1.165) is 5.75 Å². The molecule has 0 fully saturated rings. The van der Waals surface area contributed by atoms with Gasteiger partial charge in [0.25, 0.3) is 0 Å². The second-order valence-corrected chi connectivity index (χ2v) is 4.72. The summed E-state index contributed by atoms with van der Waals surface area (Å²) in [6.45, 7) is 1.88. The van der Waals surface area contributed by atoms with Gasteiger partial charge in [-0.3, -0.25) is 10.1 Å². The number of carbonyl (C=O) groups excluding carboxylic acids is 1. The van der Waals surface area contributed by atoms with Gasteiger partial charge in [0.15, 0.2) is 5.69 Å². The van der Waals surface area contributed by atoms with E-state index in [-0.39, 0.29) is 23.2 Å². The number of carbonyl (C=O) groups is 1. The summed E-state index contributed by atoms with van der Waals surface area (Å²) in [5.74, 6) is 0.214. The van der Waals surface area contributed by atoms with Gasteiger partial charge in [0.2, 0.25) is 5.82 Å². The zero-order valence-electron chi connectivity index (χ0n) is 10.9. The van der Waals surface area contributed by atoms with E-state index in [1.54, 1.807) is 11.8 Å². The number of esters is 1. The van der Waals surface area contributed by atoms with E-state index in [1.807, 2.05) is 13.2 Å². The van der Waals surface area contributed by atoms with Crippen LogP contribution in [0.1, 0.15) is 17.4 Å². The fourth-order valence-electron chi connectivity index (χ4n) is 1.45. The molecule has 0 spiro atoms. The third-order valence-corrected chi connectivity index (χ3v) is 3.10. The number of nitrogens with one attached hydrogen (secondary N) is 1. The molecule has 0 radical (unpaired) electrons. The Labute approximate surface area is 114 Å². The lowest BCUT2D eigenvalue weighted by Gasteiger charge is -2.13. The van der Waals surface area contributed by atoms with Gasteiger partial charge >= 0.3 is 11.7 Å². The molecule has 1 aromatic rings. The standard InChI is InChI=1S/C11H15N3O4S/c1-7(6-19-3)12-10-9(14(16)17)5-4-8(13-10)11(15)18-2/h4-5,7H,6H2,1-3H3,(H,12,13). The van der Waals surface area contributed by atoms with Gasteiger partial charge in [0.1, 0.15) is 0 Å². The normalized spacial score (nSPS) is 11.7. The summed E-state index contributed by atoms with van der Waals surface area (Å²) in [4.78, 5) is 25.7. The van der Waals surface area contributed by atoms with Crippen LogP contribution in [-0.4, -0.2) is 41.0 Å². The maximum absolute atomic E-state index is 11.4. The van der Waals surface area contributed by atoms with Crippen LogP contribution in [0.25, 0.3) is 0 Å².